The molecule has 1 amide bonds. The number of fused-ring (bicyclic) bond motifs is 2. The van der Waals surface area contributed by atoms with Gasteiger partial charge < -0.3 is 34.2 Å². The summed E-state index contributed by atoms with van der Waals surface area (Å²) in [6, 6.07) is 11.7. The van der Waals surface area contributed by atoms with Crippen molar-refractivity contribution in [1.29, 1.82) is 0 Å². The van der Waals surface area contributed by atoms with Gasteiger partial charge in [0, 0.05) is 44.1 Å². The molecule has 9 nitrogen and oxygen atoms in total. The summed E-state index contributed by atoms with van der Waals surface area (Å²) in [7, 11) is 3.44. The number of hydrogen-bond acceptors (Lipinski definition) is 8. The van der Waals surface area contributed by atoms with Crippen molar-refractivity contribution in [1.82, 2.24) is 4.90 Å². The van der Waals surface area contributed by atoms with Gasteiger partial charge in [-0.3, -0.25) is 4.79 Å². The lowest BCUT2D eigenvalue weighted by Crippen LogP contribution is -2.69. The third kappa shape index (κ3) is 7.10. The van der Waals surface area contributed by atoms with Crippen molar-refractivity contribution in [2.45, 2.75) is 89.4 Å². The Labute approximate surface area is 296 Å². The number of amides is 1. The minimum atomic E-state index is -1.22. The number of oxime groups is 1. The van der Waals surface area contributed by atoms with Crippen molar-refractivity contribution in [3.05, 3.63) is 77.4 Å². The van der Waals surface area contributed by atoms with Gasteiger partial charge in [0.15, 0.2) is 0 Å². The van der Waals surface area contributed by atoms with Crippen molar-refractivity contribution in [3.63, 3.8) is 0 Å². The zero-order chi connectivity index (χ0) is 35.4. The highest BCUT2D eigenvalue weighted by Crippen LogP contribution is 2.62. The maximum Gasteiger partial charge on any atom is 0.239 e. The largest absolute Gasteiger partial charge is 0.459 e. The quantitative estimate of drug-likeness (QED) is 0.109. The summed E-state index contributed by atoms with van der Waals surface area (Å²) in [5.41, 5.74) is 5.23. The van der Waals surface area contributed by atoms with Gasteiger partial charge in [0.25, 0.3) is 0 Å². The lowest BCUT2D eigenvalue weighted by Gasteiger charge is -2.59. The average molecular weight is 687 g/mol. The summed E-state index contributed by atoms with van der Waals surface area (Å²) in [5.74, 6) is 1.03. The van der Waals surface area contributed by atoms with E-state index in [1.807, 2.05) is 30.1 Å². The summed E-state index contributed by atoms with van der Waals surface area (Å²) < 4.78 is 20.6. The summed E-state index contributed by atoms with van der Waals surface area (Å²) >= 11 is 0. The molecular weight excluding hydrogens is 632 g/mol. The molecule has 0 radical (unpaired) electrons. The molecule has 2 aromatic carbocycles. The summed E-state index contributed by atoms with van der Waals surface area (Å²) in [6.07, 6.45) is 11.3. The first kappa shape index (κ1) is 36.1. The molecule has 0 aromatic heterocycles. The van der Waals surface area contributed by atoms with E-state index in [-0.39, 0.29) is 55.3 Å². The third-order valence-electron chi connectivity index (χ3n) is 11.3. The zero-order valence-corrected chi connectivity index (χ0v) is 30.1. The molecule has 0 bridgehead atoms. The monoisotopic (exact) mass is 686 g/mol. The number of nitrogens with zero attached hydrogens (tertiary/aromatic N) is 2. The number of carbonyl (C=O) groups excluding carboxylic acids is 1. The number of likely N-dealkylation sites (N-methyl/N-ethyl adjacent to an activating group) is 1. The fraction of sp³-hybridized carbons (Fsp3) is 0.561. The molecule has 0 spiro atoms. The topological polar surface area (TPSA) is 110 Å². The zero-order valence-electron chi connectivity index (χ0n) is 30.1. The van der Waals surface area contributed by atoms with Crippen molar-refractivity contribution in [2.24, 2.45) is 28.8 Å². The molecule has 0 saturated heterocycles. The van der Waals surface area contributed by atoms with Crippen LogP contribution in [0.15, 0.2) is 65.9 Å². The smallest absolute Gasteiger partial charge is 0.239 e. The molecule has 2 aromatic rings. The summed E-state index contributed by atoms with van der Waals surface area (Å²) in [5, 5.41) is 24.2. The van der Waals surface area contributed by atoms with Crippen LogP contribution in [0, 0.1) is 37.5 Å². The molecule has 6 atom stereocenters. The van der Waals surface area contributed by atoms with Crippen LogP contribution in [-0.4, -0.2) is 72.5 Å². The third-order valence-corrected chi connectivity index (χ3v) is 11.3. The maximum absolute atomic E-state index is 13.8. The van der Waals surface area contributed by atoms with E-state index in [9.17, 15) is 15.0 Å². The molecule has 2 fully saturated rings. The van der Waals surface area contributed by atoms with E-state index >= 15 is 0 Å². The molecule has 1 heterocycles. The molecule has 1 aliphatic heterocycles. The van der Waals surface area contributed by atoms with E-state index in [1.165, 1.54) is 5.56 Å². The predicted molar refractivity (Wildman–Crippen MR) is 193 cm³/mol. The Morgan fingerprint density at radius 1 is 1.04 bits per heavy atom. The SMILES string of the molecule is C=CCOC12Oc3ccc(Oc4ccc(C)c(C)c4)cc3C3C(CCCCO)C(CCCCO)C=C(C(=NOC)CC1N(C)C(=O)C1CC1)C32. The molecule has 270 valence electrons. The van der Waals surface area contributed by atoms with Crippen LogP contribution in [0.25, 0.3) is 0 Å². The number of aliphatic hydroxyl groups is 2. The second kappa shape index (κ2) is 15.7. The van der Waals surface area contributed by atoms with Crippen molar-refractivity contribution in [3.8, 4) is 17.2 Å². The second-order valence-corrected chi connectivity index (χ2v) is 14.5. The highest BCUT2D eigenvalue weighted by Gasteiger charge is 2.65. The molecular formula is C41H54N2O7. The highest BCUT2D eigenvalue weighted by atomic mass is 16.7. The van der Waals surface area contributed by atoms with Crippen LogP contribution in [0.1, 0.15) is 80.4 Å². The van der Waals surface area contributed by atoms with Gasteiger partial charge in [0.2, 0.25) is 11.7 Å². The maximum atomic E-state index is 13.8. The molecule has 6 unspecified atom stereocenters. The number of carbonyl (C=O) groups is 1. The minimum Gasteiger partial charge on any atom is -0.459 e. The Balaban J connectivity index is 1.54. The minimum absolute atomic E-state index is 0.0153. The number of benzene rings is 2. The van der Waals surface area contributed by atoms with Gasteiger partial charge in [-0.15, -0.1) is 6.58 Å². The van der Waals surface area contributed by atoms with Crippen LogP contribution >= 0.6 is 0 Å². The van der Waals surface area contributed by atoms with Gasteiger partial charge in [0.05, 0.1) is 18.2 Å². The van der Waals surface area contributed by atoms with Crippen LogP contribution in [0.4, 0.5) is 0 Å². The number of aliphatic hydroxyl groups excluding tert-OH is 2. The van der Waals surface area contributed by atoms with Crippen molar-refractivity contribution < 1.29 is 34.1 Å². The van der Waals surface area contributed by atoms with E-state index in [0.717, 1.165) is 84.6 Å². The second-order valence-electron chi connectivity index (χ2n) is 14.5. The van der Waals surface area contributed by atoms with Gasteiger partial charge in [-0.1, -0.05) is 36.2 Å². The predicted octanol–water partition coefficient (Wildman–Crippen LogP) is 7.23. The molecule has 9 heteroatoms. The fourth-order valence-corrected chi connectivity index (χ4v) is 8.59. The molecule has 50 heavy (non-hydrogen) atoms. The normalized spacial score (nSPS) is 27.4. The molecule has 2 N–H and O–H groups in total. The van der Waals surface area contributed by atoms with E-state index < -0.39 is 11.8 Å². The Morgan fingerprint density at radius 3 is 2.44 bits per heavy atom. The highest BCUT2D eigenvalue weighted by molar-refractivity contribution is 6.03. The van der Waals surface area contributed by atoms with Gasteiger partial charge >= 0.3 is 0 Å². The number of ether oxygens (including phenoxy) is 3. The Hall–Kier alpha value is -3.66. The van der Waals surface area contributed by atoms with Gasteiger partial charge in [-0.2, -0.15) is 0 Å². The van der Waals surface area contributed by atoms with Crippen molar-refractivity contribution >= 4 is 11.6 Å². The molecule has 6 rings (SSSR count). The number of unbranched alkanes of at least 4 members (excludes halogenated alkanes) is 2. The Bertz CT molecular complexity index is 1600. The van der Waals surface area contributed by atoms with Crippen LogP contribution in [0.2, 0.25) is 0 Å². The van der Waals surface area contributed by atoms with Gasteiger partial charge in [0.1, 0.15) is 30.4 Å². The Kier molecular flexibility index (Phi) is 11.4. The lowest BCUT2D eigenvalue weighted by molar-refractivity contribution is -0.255. The number of allylic oxidation sites excluding steroid dienone is 1. The number of aryl methyl sites for hydroxylation is 2. The van der Waals surface area contributed by atoms with Crippen LogP contribution in [0.5, 0.6) is 17.2 Å². The summed E-state index contributed by atoms with van der Waals surface area (Å²) in [6.45, 7) is 8.69. The first-order valence-electron chi connectivity index (χ1n) is 18.4. The Morgan fingerprint density at radius 2 is 1.76 bits per heavy atom. The molecule has 2 saturated carbocycles. The first-order chi connectivity index (χ1) is 24.3. The van der Waals surface area contributed by atoms with Crippen molar-refractivity contribution in [2.75, 3.05) is 34.0 Å². The van der Waals surface area contributed by atoms with Gasteiger partial charge in [-0.25, -0.2) is 0 Å². The van der Waals surface area contributed by atoms with E-state index in [4.69, 9.17) is 19.0 Å². The fourth-order valence-electron chi connectivity index (χ4n) is 8.59. The van der Waals surface area contributed by atoms with E-state index in [0.29, 0.717) is 12.8 Å². The summed E-state index contributed by atoms with van der Waals surface area (Å²) in [4.78, 5) is 21.1. The number of rotatable bonds is 16. The molecule has 3 aliphatic carbocycles. The standard InChI is InChI=1S/C41H54N2O7/c1-6-21-48-41-37(43(4)40(46)28-14-15-28)25-35(42-47-5)33-23-29(11-7-9-19-44)32(12-8-10-20-45)38(39(33)41)34-24-31(17-18-36(34)50-41)49-30-16-13-26(2)27(3)22-30/h6,13,16-18,22-24,28-29,32,37-39,44-45H,1,7-12,14-15,19-21,25H2,2-5H3. The molecule has 4 aliphatic rings. The average Bonchev–Trinajstić information content (AvgIpc) is 3.96. The van der Waals surface area contributed by atoms with E-state index in [1.54, 1.807) is 13.2 Å². The van der Waals surface area contributed by atoms with E-state index in [2.05, 4.69) is 49.9 Å². The van der Waals surface area contributed by atoms with Crippen LogP contribution in [-0.2, 0) is 14.4 Å². The lowest BCUT2D eigenvalue weighted by atomic mass is 9.55. The number of hydrogen-bond donors (Lipinski definition) is 2. The van der Waals surface area contributed by atoms with Gasteiger partial charge in [-0.05, 0) is 111 Å². The van der Waals surface area contributed by atoms with Crippen LogP contribution in [0.3, 0.4) is 0 Å². The van der Waals surface area contributed by atoms with Crippen LogP contribution < -0.4 is 9.47 Å². The first-order valence-corrected chi connectivity index (χ1v) is 18.4.